The van der Waals surface area contributed by atoms with Gasteiger partial charge in [0.15, 0.2) is 0 Å². The predicted octanol–water partition coefficient (Wildman–Crippen LogP) is 3.11. The topological polar surface area (TPSA) is 75.3 Å². The zero-order valence-electron chi connectivity index (χ0n) is 14.7. The standard InChI is InChI=1S/C21H28N2O2/c22-19(13-15-7-2-1-3-8-15)20(24)21(25)23-14-17-11-6-10-16-9-4-5-12-18(16)17/h4-6,9-12,15,19-20,24H,1-3,7-8,13-14,22H2,(H,23,25)/t19-,20-/m1/s1. The maximum Gasteiger partial charge on any atom is 0.250 e. The van der Waals surface area contributed by atoms with Crippen molar-refractivity contribution >= 4 is 16.7 Å². The summed E-state index contributed by atoms with van der Waals surface area (Å²) in [6.07, 6.45) is 5.68. The molecule has 0 radical (unpaired) electrons. The van der Waals surface area contributed by atoms with Crippen LogP contribution in [0.2, 0.25) is 0 Å². The van der Waals surface area contributed by atoms with Crippen LogP contribution in [0.3, 0.4) is 0 Å². The Morgan fingerprint density at radius 2 is 1.84 bits per heavy atom. The third kappa shape index (κ3) is 4.59. The number of aliphatic hydroxyl groups is 1. The second-order valence-electron chi connectivity index (χ2n) is 7.20. The van der Waals surface area contributed by atoms with E-state index < -0.39 is 12.1 Å². The third-order valence-corrected chi connectivity index (χ3v) is 5.34. The third-order valence-electron chi connectivity index (χ3n) is 5.34. The summed E-state index contributed by atoms with van der Waals surface area (Å²) in [5.41, 5.74) is 7.14. The van der Waals surface area contributed by atoms with Gasteiger partial charge in [-0.05, 0) is 28.7 Å². The first-order valence-corrected chi connectivity index (χ1v) is 9.33. The highest BCUT2D eigenvalue weighted by Gasteiger charge is 2.26. The monoisotopic (exact) mass is 340 g/mol. The van der Waals surface area contributed by atoms with Crippen molar-refractivity contribution in [1.29, 1.82) is 0 Å². The quantitative estimate of drug-likeness (QED) is 0.756. The Morgan fingerprint density at radius 3 is 2.64 bits per heavy atom. The molecule has 0 spiro atoms. The number of nitrogens with one attached hydrogen (secondary N) is 1. The molecule has 2 aromatic rings. The molecule has 4 nitrogen and oxygen atoms in total. The molecule has 134 valence electrons. The molecule has 4 heteroatoms. The molecule has 0 heterocycles. The van der Waals surface area contributed by atoms with Gasteiger partial charge in [-0.3, -0.25) is 4.79 Å². The summed E-state index contributed by atoms with van der Waals surface area (Å²) >= 11 is 0. The lowest BCUT2D eigenvalue weighted by atomic mass is 9.84. The van der Waals surface area contributed by atoms with E-state index in [1.165, 1.54) is 19.3 Å². The fourth-order valence-corrected chi connectivity index (χ4v) is 3.86. The van der Waals surface area contributed by atoms with Crippen molar-refractivity contribution in [3.05, 3.63) is 48.0 Å². The molecule has 1 aliphatic carbocycles. The lowest BCUT2D eigenvalue weighted by Crippen LogP contribution is -2.47. The van der Waals surface area contributed by atoms with Gasteiger partial charge in [0, 0.05) is 12.6 Å². The van der Waals surface area contributed by atoms with Crippen molar-refractivity contribution in [3.8, 4) is 0 Å². The zero-order chi connectivity index (χ0) is 17.6. The summed E-state index contributed by atoms with van der Waals surface area (Å²) < 4.78 is 0. The van der Waals surface area contributed by atoms with E-state index in [0.29, 0.717) is 12.5 Å². The normalized spacial score (nSPS) is 18.0. The molecule has 0 saturated heterocycles. The van der Waals surface area contributed by atoms with Crippen LogP contribution in [0.5, 0.6) is 0 Å². The minimum absolute atomic E-state index is 0.378. The van der Waals surface area contributed by atoms with E-state index in [0.717, 1.165) is 35.6 Å². The molecule has 0 aromatic heterocycles. The second kappa shape index (κ2) is 8.45. The van der Waals surface area contributed by atoms with E-state index in [1.54, 1.807) is 0 Å². The molecular formula is C21H28N2O2. The average Bonchev–Trinajstić information content (AvgIpc) is 2.66. The molecular weight excluding hydrogens is 312 g/mol. The molecule has 1 amide bonds. The summed E-state index contributed by atoms with van der Waals surface area (Å²) in [6.45, 7) is 0.396. The first-order valence-electron chi connectivity index (χ1n) is 9.33. The summed E-state index contributed by atoms with van der Waals surface area (Å²) in [6, 6.07) is 13.6. The molecule has 25 heavy (non-hydrogen) atoms. The maximum atomic E-state index is 12.3. The predicted molar refractivity (Wildman–Crippen MR) is 101 cm³/mol. The summed E-state index contributed by atoms with van der Waals surface area (Å²) in [5, 5.41) is 15.4. The number of hydrogen-bond donors (Lipinski definition) is 3. The van der Waals surface area contributed by atoms with Crippen LogP contribution in [-0.2, 0) is 11.3 Å². The van der Waals surface area contributed by atoms with Gasteiger partial charge < -0.3 is 16.2 Å². The second-order valence-corrected chi connectivity index (χ2v) is 7.20. The number of nitrogens with two attached hydrogens (primary N) is 1. The molecule has 2 atom stereocenters. The fraction of sp³-hybridized carbons (Fsp3) is 0.476. The van der Waals surface area contributed by atoms with Gasteiger partial charge in [0.25, 0.3) is 5.91 Å². The van der Waals surface area contributed by atoms with E-state index in [-0.39, 0.29) is 5.91 Å². The molecule has 0 unspecified atom stereocenters. The summed E-state index contributed by atoms with van der Waals surface area (Å²) in [5.74, 6) is 0.167. The van der Waals surface area contributed by atoms with Gasteiger partial charge in [-0.15, -0.1) is 0 Å². The van der Waals surface area contributed by atoms with Crippen LogP contribution in [-0.4, -0.2) is 23.2 Å². The molecule has 4 N–H and O–H groups in total. The van der Waals surface area contributed by atoms with Crippen LogP contribution in [0.25, 0.3) is 10.8 Å². The molecule has 3 rings (SSSR count). The van der Waals surface area contributed by atoms with Crippen molar-refractivity contribution < 1.29 is 9.90 Å². The fourth-order valence-electron chi connectivity index (χ4n) is 3.86. The van der Waals surface area contributed by atoms with Gasteiger partial charge in [-0.25, -0.2) is 0 Å². The number of hydrogen-bond acceptors (Lipinski definition) is 3. The minimum Gasteiger partial charge on any atom is -0.382 e. The van der Waals surface area contributed by atoms with Gasteiger partial charge in [0.1, 0.15) is 6.10 Å². The number of amides is 1. The minimum atomic E-state index is -1.14. The maximum absolute atomic E-state index is 12.3. The zero-order valence-corrected chi connectivity index (χ0v) is 14.7. The Balaban J connectivity index is 1.55. The van der Waals surface area contributed by atoms with E-state index in [9.17, 15) is 9.90 Å². The molecule has 1 aliphatic rings. The van der Waals surface area contributed by atoms with Crippen LogP contribution in [0, 0.1) is 5.92 Å². The number of aliphatic hydroxyl groups excluding tert-OH is 1. The highest BCUT2D eigenvalue weighted by Crippen LogP contribution is 2.27. The first-order chi connectivity index (χ1) is 12.1. The van der Waals surface area contributed by atoms with Crippen LogP contribution in [0.4, 0.5) is 0 Å². The lowest BCUT2D eigenvalue weighted by Gasteiger charge is -2.26. The number of benzene rings is 2. The number of rotatable bonds is 6. The average molecular weight is 340 g/mol. The van der Waals surface area contributed by atoms with E-state index in [1.807, 2.05) is 30.3 Å². The number of fused-ring (bicyclic) bond motifs is 1. The van der Waals surface area contributed by atoms with Gasteiger partial charge in [-0.1, -0.05) is 74.6 Å². The Kier molecular flexibility index (Phi) is 6.05. The highest BCUT2D eigenvalue weighted by atomic mass is 16.3. The van der Waals surface area contributed by atoms with E-state index >= 15 is 0 Å². The molecule has 2 aromatic carbocycles. The summed E-state index contributed by atoms with van der Waals surface area (Å²) in [4.78, 5) is 12.3. The van der Waals surface area contributed by atoms with Crippen LogP contribution >= 0.6 is 0 Å². The van der Waals surface area contributed by atoms with E-state index in [4.69, 9.17) is 5.73 Å². The first kappa shape index (κ1) is 17.9. The van der Waals surface area contributed by atoms with Gasteiger partial charge in [0.05, 0.1) is 0 Å². The number of carbonyl (C=O) groups excluding carboxylic acids is 1. The van der Waals surface area contributed by atoms with Gasteiger partial charge in [0.2, 0.25) is 0 Å². The Bertz CT molecular complexity index is 705. The smallest absolute Gasteiger partial charge is 0.250 e. The van der Waals surface area contributed by atoms with Crippen molar-refractivity contribution in [3.63, 3.8) is 0 Å². The Morgan fingerprint density at radius 1 is 1.12 bits per heavy atom. The number of carbonyl (C=O) groups is 1. The highest BCUT2D eigenvalue weighted by molar-refractivity contribution is 5.86. The van der Waals surface area contributed by atoms with E-state index in [2.05, 4.69) is 17.4 Å². The van der Waals surface area contributed by atoms with Crippen molar-refractivity contribution in [2.45, 2.75) is 57.2 Å². The Labute approximate surface area is 149 Å². The van der Waals surface area contributed by atoms with Crippen molar-refractivity contribution in [1.82, 2.24) is 5.32 Å². The van der Waals surface area contributed by atoms with Crippen molar-refractivity contribution in [2.24, 2.45) is 11.7 Å². The van der Waals surface area contributed by atoms with Crippen LogP contribution in [0.1, 0.15) is 44.1 Å². The molecule has 1 saturated carbocycles. The van der Waals surface area contributed by atoms with Crippen LogP contribution < -0.4 is 11.1 Å². The summed E-state index contributed by atoms with van der Waals surface area (Å²) in [7, 11) is 0. The lowest BCUT2D eigenvalue weighted by molar-refractivity contribution is -0.130. The molecule has 0 aliphatic heterocycles. The largest absolute Gasteiger partial charge is 0.382 e. The Hall–Kier alpha value is -1.91. The van der Waals surface area contributed by atoms with Crippen molar-refractivity contribution in [2.75, 3.05) is 0 Å². The van der Waals surface area contributed by atoms with Gasteiger partial charge in [-0.2, -0.15) is 0 Å². The van der Waals surface area contributed by atoms with Crippen LogP contribution in [0.15, 0.2) is 42.5 Å². The van der Waals surface area contributed by atoms with Gasteiger partial charge >= 0.3 is 0 Å². The SMILES string of the molecule is N[C@H](CC1CCCCC1)[C@@H](O)C(=O)NCc1cccc2ccccc12. The molecule has 1 fully saturated rings. The molecule has 0 bridgehead atoms.